The van der Waals surface area contributed by atoms with Crippen LogP contribution in [0.3, 0.4) is 0 Å². The minimum atomic E-state index is -1.18. The Kier molecular flexibility index (Phi) is 10.0. The van der Waals surface area contributed by atoms with E-state index >= 15 is 0 Å². The van der Waals surface area contributed by atoms with Crippen molar-refractivity contribution in [3.63, 3.8) is 0 Å². The Morgan fingerprint density at radius 2 is 1.07 bits per heavy atom. The molecule has 7 rings (SSSR count). The molecule has 17 heteroatoms. The summed E-state index contributed by atoms with van der Waals surface area (Å²) in [4.78, 5) is 24.8. The maximum atomic E-state index is 12.7. The lowest BCUT2D eigenvalue weighted by atomic mass is 9.93. The number of aromatic hydroxyl groups is 11. The number of carbonyl (C=O) groups excluding carboxylic acids is 2. The molecule has 5 aromatic carbocycles. The zero-order valence-corrected chi connectivity index (χ0v) is 28.2. The van der Waals surface area contributed by atoms with E-state index in [1.54, 1.807) is 0 Å². The molecule has 17 nitrogen and oxygen atoms in total. The van der Waals surface area contributed by atoms with Gasteiger partial charge in [-0.15, -0.1) is 0 Å². The molecule has 55 heavy (non-hydrogen) atoms. The molecule has 0 saturated carbocycles. The third-order valence-electron chi connectivity index (χ3n) is 8.58. The Balaban J connectivity index is 0.000000203. The smallest absolute Gasteiger partial charge is 0.338 e. The average Bonchev–Trinajstić information content (AvgIpc) is 3.14. The molecular formula is C38H32O17. The molecule has 2 aliphatic heterocycles. The highest BCUT2D eigenvalue weighted by Gasteiger charge is 2.37. The summed E-state index contributed by atoms with van der Waals surface area (Å²) in [5, 5.41) is 106. The normalized spacial score (nSPS) is 16.8. The van der Waals surface area contributed by atoms with E-state index in [4.69, 9.17) is 18.9 Å². The summed E-state index contributed by atoms with van der Waals surface area (Å²) in [6, 6.07) is 15.7. The maximum Gasteiger partial charge on any atom is 0.338 e. The molecule has 2 heterocycles. The third-order valence-corrected chi connectivity index (χ3v) is 8.58. The van der Waals surface area contributed by atoms with Crippen LogP contribution in [0.15, 0.2) is 72.8 Å². The fourth-order valence-corrected chi connectivity index (χ4v) is 5.87. The second kappa shape index (κ2) is 14.8. The van der Waals surface area contributed by atoms with Gasteiger partial charge in [0.1, 0.15) is 41.8 Å². The van der Waals surface area contributed by atoms with Gasteiger partial charge in [0.2, 0.25) is 0 Å². The van der Waals surface area contributed by atoms with Crippen LogP contribution in [0.2, 0.25) is 0 Å². The molecule has 0 amide bonds. The quantitative estimate of drug-likeness (QED) is 0.0884. The van der Waals surface area contributed by atoms with Gasteiger partial charge in [-0.3, -0.25) is 0 Å². The molecule has 286 valence electrons. The van der Waals surface area contributed by atoms with Crippen molar-refractivity contribution in [2.75, 3.05) is 6.61 Å². The van der Waals surface area contributed by atoms with Crippen LogP contribution in [0, 0.1) is 0 Å². The molecular weight excluding hydrogens is 728 g/mol. The number of hydrogen-bond donors (Lipinski definition) is 11. The number of esters is 2. The Morgan fingerprint density at radius 1 is 0.564 bits per heavy atom. The predicted molar refractivity (Wildman–Crippen MR) is 185 cm³/mol. The summed E-state index contributed by atoms with van der Waals surface area (Å²) >= 11 is 0. The van der Waals surface area contributed by atoms with E-state index < -0.39 is 82.0 Å². The van der Waals surface area contributed by atoms with Crippen LogP contribution in [-0.4, -0.2) is 86.9 Å². The van der Waals surface area contributed by atoms with Crippen molar-refractivity contribution in [1.82, 2.24) is 0 Å². The van der Waals surface area contributed by atoms with Crippen LogP contribution in [-0.2, 0) is 22.3 Å². The Morgan fingerprint density at radius 3 is 1.64 bits per heavy atom. The van der Waals surface area contributed by atoms with Gasteiger partial charge in [0.15, 0.2) is 57.8 Å². The Hall–Kier alpha value is -7.56. The first kappa shape index (κ1) is 37.2. The lowest BCUT2D eigenvalue weighted by Crippen LogP contribution is -2.34. The standard InChI is InChI=1S/C22H18O11.C16H14O6/c23-10-5-12(24)11-7-18(33-22(31)9-3-15(27)20(30)16(28)4-9)21(32-17(11)6-10)8-1-13(25)19(29)14(26)2-8;17-12-6-10(7-13(18)15(12)19)16(20)22-11-5-9-3-1-2-4-14(9)21-8-11/h1-6,18,21,23-30H,7H2;1-4,6-7,11,17-19H,5,8H2/t18-,21+;/m0./s1. The summed E-state index contributed by atoms with van der Waals surface area (Å²) in [5.74, 6) is -7.84. The highest BCUT2D eigenvalue weighted by molar-refractivity contribution is 5.92. The highest BCUT2D eigenvalue weighted by Crippen LogP contribution is 2.46. The first-order valence-electron chi connectivity index (χ1n) is 16.2. The second-order valence-corrected chi connectivity index (χ2v) is 12.4. The average molecular weight is 761 g/mol. The molecule has 11 N–H and O–H groups in total. The topological polar surface area (TPSA) is 294 Å². The number of benzene rings is 5. The molecule has 0 radical (unpaired) electrons. The van der Waals surface area contributed by atoms with Crippen LogP contribution in [0.4, 0.5) is 0 Å². The molecule has 5 aromatic rings. The van der Waals surface area contributed by atoms with Gasteiger partial charge < -0.3 is 75.1 Å². The number of para-hydroxylation sites is 1. The van der Waals surface area contributed by atoms with Crippen LogP contribution in [0.5, 0.6) is 74.7 Å². The number of phenolic OH excluding ortho intramolecular Hbond substituents is 11. The second-order valence-electron chi connectivity index (χ2n) is 12.4. The molecule has 0 aliphatic carbocycles. The zero-order chi connectivity index (χ0) is 39.7. The Labute approximate surface area is 309 Å². The summed E-state index contributed by atoms with van der Waals surface area (Å²) in [6.45, 7) is 0.235. The first-order valence-corrected chi connectivity index (χ1v) is 16.2. The zero-order valence-electron chi connectivity index (χ0n) is 28.2. The minimum absolute atomic E-state index is 0.0494. The van der Waals surface area contributed by atoms with Crippen LogP contribution < -0.4 is 9.47 Å². The minimum Gasteiger partial charge on any atom is -0.508 e. The number of phenols is 11. The van der Waals surface area contributed by atoms with Gasteiger partial charge in [-0.2, -0.15) is 0 Å². The van der Waals surface area contributed by atoms with Crippen molar-refractivity contribution in [2.45, 2.75) is 31.2 Å². The maximum absolute atomic E-state index is 12.7. The van der Waals surface area contributed by atoms with Gasteiger partial charge in [-0.05, 0) is 48.0 Å². The summed E-state index contributed by atoms with van der Waals surface area (Å²) in [7, 11) is 0. The van der Waals surface area contributed by atoms with E-state index in [0.29, 0.717) is 6.42 Å². The number of carbonyl (C=O) groups is 2. The van der Waals surface area contributed by atoms with Crippen LogP contribution in [0.25, 0.3) is 0 Å². The predicted octanol–water partition coefficient (Wildman–Crippen LogP) is 4.20. The molecule has 0 bridgehead atoms. The van der Waals surface area contributed by atoms with Crippen molar-refractivity contribution < 1.29 is 84.7 Å². The number of ether oxygens (including phenoxy) is 4. The molecule has 2 aliphatic rings. The largest absolute Gasteiger partial charge is 0.508 e. The third kappa shape index (κ3) is 7.80. The van der Waals surface area contributed by atoms with E-state index in [9.17, 15) is 65.8 Å². The van der Waals surface area contributed by atoms with Crippen LogP contribution in [0.1, 0.15) is 43.5 Å². The lowest BCUT2D eigenvalue weighted by molar-refractivity contribution is -0.0189. The first-order chi connectivity index (χ1) is 26.1. The van der Waals surface area contributed by atoms with Crippen molar-refractivity contribution in [3.8, 4) is 74.7 Å². The molecule has 0 fully saturated rings. The molecule has 0 spiro atoms. The van der Waals surface area contributed by atoms with Gasteiger partial charge in [-0.1, -0.05) is 18.2 Å². The SMILES string of the molecule is O=C(OC1COc2ccccc2C1)c1cc(O)c(O)c(O)c1.O=C(O[C@H]1Cc2c(O)cc(O)cc2O[C@@H]1c1cc(O)c(O)c(O)c1)c1cc(O)c(O)c(O)c1. The van der Waals surface area contributed by atoms with Gasteiger partial charge >= 0.3 is 11.9 Å². The van der Waals surface area contributed by atoms with E-state index in [-0.39, 0.29) is 52.5 Å². The fourth-order valence-electron chi connectivity index (χ4n) is 5.87. The van der Waals surface area contributed by atoms with E-state index in [1.165, 1.54) is 6.07 Å². The monoisotopic (exact) mass is 760 g/mol. The van der Waals surface area contributed by atoms with Gasteiger partial charge in [0.05, 0.1) is 11.1 Å². The number of hydrogen-bond acceptors (Lipinski definition) is 17. The van der Waals surface area contributed by atoms with Gasteiger partial charge in [0, 0.05) is 36.1 Å². The van der Waals surface area contributed by atoms with Crippen molar-refractivity contribution in [2.24, 2.45) is 0 Å². The highest BCUT2D eigenvalue weighted by atomic mass is 16.6. The van der Waals surface area contributed by atoms with Crippen molar-refractivity contribution in [3.05, 3.63) is 101 Å². The van der Waals surface area contributed by atoms with Crippen molar-refractivity contribution in [1.29, 1.82) is 0 Å². The summed E-state index contributed by atoms with van der Waals surface area (Å²) in [5.41, 5.74) is 0.879. The Bertz CT molecular complexity index is 2230. The van der Waals surface area contributed by atoms with Gasteiger partial charge in [-0.25, -0.2) is 9.59 Å². The summed E-state index contributed by atoms with van der Waals surface area (Å²) in [6.07, 6.45) is -2.42. The summed E-state index contributed by atoms with van der Waals surface area (Å²) < 4.78 is 22.1. The van der Waals surface area contributed by atoms with Gasteiger partial charge in [0.25, 0.3) is 0 Å². The molecule has 0 aromatic heterocycles. The molecule has 1 unspecified atom stereocenters. The van der Waals surface area contributed by atoms with E-state index in [2.05, 4.69) is 0 Å². The molecule has 0 saturated heterocycles. The van der Waals surface area contributed by atoms with E-state index in [0.717, 1.165) is 53.8 Å². The molecule has 3 atom stereocenters. The number of rotatable bonds is 5. The fraction of sp³-hybridized carbons (Fsp3) is 0.158. The van der Waals surface area contributed by atoms with Crippen LogP contribution >= 0.6 is 0 Å². The van der Waals surface area contributed by atoms with E-state index in [1.807, 2.05) is 24.3 Å². The van der Waals surface area contributed by atoms with Crippen molar-refractivity contribution >= 4 is 11.9 Å². The lowest BCUT2D eigenvalue weighted by Gasteiger charge is -2.34. The number of fused-ring (bicyclic) bond motifs is 2.